The second-order valence-electron chi connectivity index (χ2n) is 7.51. The molecule has 26 heavy (non-hydrogen) atoms. The molecule has 0 aliphatic carbocycles. The number of hydrogen-bond acceptors (Lipinski definition) is 3. The van der Waals surface area contributed by atoms with Gasteiger partial charge in [0.15, 0.2) is 6.10 Å². The lowest BCUT2D eigenvalue weighted by Crippen LogP contribution is -2.24. The summed E-state index contributed by atoms with van der Waals surface area (Å²) < 4.78 is 5.41. The number of hydrogen-bond donors (Lipinski definition) is 2. The second kappa shape index (κ2) is 20.7. The first-order chi connectivity index (χ1) is 12.7. The third kappa shape index (κ3) is 18.2. The molecule has 4 nitrogen and oxygen atoms in total. The summed E-state index contributed by atoms with van der Waals surface area (Å²) in [5.41, 5.74) is 0. The van der Waals surface area contributed by atoms with E-state index in [0.29, 0.717) is 19.4 Å². The minimum Gasteiger partial charge on any atom is -0.479 e. The first-order valence-corrected chi connectivity index (χ1v) is 11.2. The summed E-state index contributed by atoms with van der Waals surface area (Å²) in [5, 5.41) is 17.9. The lowest BCUT2D eigenvalue weighted by molar-refractivity contribution is -0.151. The standard InChI is InChI=1S/C22H44O4/c1-2-3-4-5-6-7-8-9-10-11-12-13-14-15-18-21(22(24)25)26-20-17-16-19-23/h21,23H,2-20H2,1H3,(H,24,25). The van der Waals surface area contributed by atoms with Crippen LogP contribution in [-0.4, -0.2) is 35.5 Å². The largest absolute Gasteiger partial charge is 0.479 e. The van der Waals surface area contributed by atoms with Gasteiger partial charge in [0.1, 0.15) is 0 Å². The summed E-state index contributed by atoms with van der Waals surface area (Å²) in [6.45, 7) is 2.83. The summed E-state index contributed by atoms with van der Waals surface area (Å²) in [6, 6.07) is 0. The Balaban J connectivity index is 3.33. The van der Waals surface area contributed by atoms with Crippen LogP contribution < -0.4 is 0 Å². The molecule has 0 fully saturated rings. The summed E-state index contributed by atoms with van der Waals surface area (Å²) in [6.07, 6.45) is 19.6. The maximum Gasteiger partial charge on any atom is 0.332 e. The van der Waals surface area contributed by atoms with Gasteiger partial charge < -0.3 is 14.9 Å². The van der Waals surface area contributed by atoms with Crippen LogP contribution in [0.1, 0.15) is 116 Å². The molecule has 0 aromatic rings. The molecule has 0 spiro atoms. The van der Waals surface area contributed by atoms with Gasteiger partial charge in [-0.1, -0.05) is 96.8 Å². The molecular formula is C22H44O4. The van der Waals surface area contributed by atoms with E-state index in [4.69, 9.17) is 14.9 Å². The number of carboxylic acid groups (broad SMARTS) is 1. The van der Waals surface area contributed by atoms with Crippen molar-refractivity contribution >= 4 is 5.97 Å². The van der Waals surface area contributed by atoms with Gasteiger partial charge in [-0.15, -0.1) is 0 Å². The Bertz CT molecular complexity index is 294. The van der Waals surface area contributed by atoms with E-state index in [2.05, 4.69) is 6.92 Å². The van der Waals surface area contributed by atoms with E-state index in [9.17, 15) is 4.79 Å². The first-order valence-electron chi connectivity index (χ1n) is 11.2. The minimum absolute atomic E-state index is 0.139. The number of aliphatic hydroxyl groups is 1. The molecule has 0 aliphatic heterocycles. The van der Waals surface area contributed by atoms with Gasteiger partial charge in [-0.2, -0.15) is 0 Å². The number of ether oxygens (including phenoxy) is 1. The maximum absolute atomic E-state index is 11.2. The molecule has 0 aromatic heterocycles. The predicted octanol–water partition coefficient (Wildman–Crippen LogP) is 6.10. The quantitative estimate of drug-likeness (QED) is 0.239. The van der Waals surface area contributed by atoms with Gasteiger partial charge in [0.05, 0.1) is 0 Å². The van der Waals surface area contributed by atoms with Gasteiger partial charge in [-0.3, -0.25) is 0 Å². The fourth-order valence-electron chi connectivity index (χ4n) is 3.24. The number of rotatable bonds is 21. The summed E-state index contributed by atoms with van der Waals surface area (Å²) in [7, 11) is 0. The fourth-order valence-corrected chi connectivity index (χ4v) is 3.24. The number of carbonyl (C=O) groups is 1. The van der Waals surface area contributed by atoms with Crippen molar-refractivity contribution in [2.24, 2.45) is 0 Å². The van der Waals surface area contributed by atoms with Crippen molar-refractivity contribution < 1.29 is 19.7 Å². The van der Waals surface area contributed by atoms with Gasteiger partial charge in [0.25, 0.3) is 0 Å². The number of aliphatic hydroxyl groups excluding tert-OH is 1. The van der Waals surface area contributed by atoms with Crippen molar-refractivity contribution in [3.8, 4) is 0 Å². The highest BCUT2D eigenvalue weighted by atomic mass is 16.5. The SMILES string of the molecule is CCCCCCCCCCCCCCCCC(OCCCCO)C(=O)O. The number of carboxylic acids is 1. The van der Waals surface area contributed by atoms with E-state index >= 15 is 0 Å². The molecule has 0 saturated carbocycles. The Kier molecular flexibility index (Phi) is 20.2. The van der Waals surface area contributed by atoms with Crippen LogP contribution in [0, 0.1) is 0 Å². The Labute approximate surface area is 161 Å². The second-order valence-corrected chi connectivity index (χ2v) is 7.51. The fraction of sp³-hybridized carbons (Fsp3) is 0.955. The molecule has 0 saturated heterocycles. The van der Waals surface area contributed by atoms with Crippen molar-refractivity contribution in [1.82, 2.24) is 0 Å². The zero-order chi connectivity index (χ0) is 19.3. The minimum atomic E-state index is -0.858. The van der Waals surface area contributed by atoms with Crippen LogP contribution in [0.5, 0.6) is 0 Å². The highest BCUT2D eigenvalue weighted by molar-refractivity contribution is 5.72. The number of aliphatic carboxylic acids is 1. The van der Waals surface area contributed by atoms with E-state index in [1.54, 1.807) is 0 Å². The topological polar surface area (TPSA) is 66.8 Å². The molecule has 0 bridgehead atoms. The van der Waals surface area contributed by atoms with Crippen molar-refractivity contribution in [3.05, 3.63) is 0 Å². The molecular weight excluding hydrogens is 328 g/mol. The van der Waals surface area contributed by atoms with Crippen LogP contribution in [0.2, 0.25) is 0 Å². The molecule has 0 rings (SSSR count). The molecule has 1 unspecified atom stereocenters. The molecule has 0 radical (unpaired) electrons. The zero-order valence-electron chi connectivity index (χ0n) is 17.2. The third-order valence-corrected chi connectivity index (χ3v) is 4.97. The Morgan fingerprint density at radius 1 is 0.731 bits per heavy atom. The Morgan fingerprint density at radius 3 is 1.62 bits per heavy atom. The van der Waals surface area contributed by atoms with Crippen LogP contribution >= 0.6 is 0 Å². The third-order valence-electron chi connectivity index (χ3n) is 4.97. The van der Waals surface area contributed by atoms with Crippen LogP contribution in [-0.2, 0) is 9.53 Å². The molecule has 0 aromatic carbocycles. The highest BCUT2D eigenvalue weighted by Gasteiger charge is 2.16. The molecule has 2 N–H and O–H groups in total. The zero-order valence-corrected chi connectivity index (χ0v) is 17.2. The lowest BCUT2D eigenvalue weighted by atomic mass is 10.0. The first kappa shape index (κ1) is 25.4. The normalized spacial score (nSPS) is 12.4. The molecule has 0 aliphatic rings. The van der Waals surface area contributed by atoms with Gasteiger partial charge >= 0.3 is 5.97 Å². The summed E-state index contributed by atoms with van der Waals surface area (Å²) in [4.78, 5) is 11.2. The molecule has 156 valence electrons. The van der Waals surface area contributed by atoms with E-state index < -0.39 is 12.1 Å². The van der Waals surface area contributed by atoms with Crippen LogP contribution in [0.4, 0.5) is 0 Å². The van der Waals surface area contributed by atoms with Crippen molar-refractivity contribution in [3.63, 3.8) is 0 Å². The van der Waals surface area contributed by atoms with Gasteiger partial charge in [-0.05, 0) is 19.3 Å². The number of unbranched alkanes of at least 4 members (excludes halogenated alkanes) is 14. The van der Waals surface area contributed by atoms with Crippen molar-refractivity contribution in [1.29, 1.82) is 0 Å². The Morgan fingerprint density at radius 2 is 1.19 bits per heavy atom. The maximum atomic E-state index is 11.2. The van der Waals surface area contributed by atoms with Crippen LogP contribution in [0.3, 0.4) is 0 Å². The van der Waals surface area contributed by atoms with Crippen molar-refractivity contribution in [2.75, 3.05) is 13.2 Å². The van der Waals surface area contributed by atoms with Gasteiger partial charge in [0, 0.05) is 13.2 Å². The smallest absolute Gasteiger partial charge is 0.332 e. The van der Waals surface area contributed by atoms with E-state index in [1.807, 2.05) is 0 Å². The molecule has 1 atom stereocenters. The predicted molar refractivity (Wildman–Crippen MR) is 109 cm³/mol. The van der Waals surface area contributed by atoms with Crippen molar-refractivity contribution in [2.45, 2.75) is 122 Å². The van der Waals surface area contributed by atoms with Gasteiger partial charge in [0.2, 0.25) is 0 Å². The van der Waals surface area contributed by atoms with E-state index in [0.717, 1.165) is 19.3 Å². The highest BCUT2D eigenvalue weighted by Crippen LogP contribution is 2.14. The summed E-state index contributed by atoms with van der Waals surface area (Å²) >= 11 is 0. The molecule has 0 amide bonds. The van der Waals surface area contributed by atoms with Crippen LogP contribution in [0.25, 0.3) is 0 Å². The monoisotopic (exact) mass is 372 g/mol. The molecule has 0 heterocycles. The lowest BCUT2D eigenvalue weighted by Gasteiger charge is -2.13. The van der Waals surface area contributed by atoms with Gasteiger partial charge in [-0.25, -0.2) is 4.79 Å². The van der Waals surface area contributed by atoms with E-state index in [1.165, 1.54) is 77.0 Å². The average molecular weight is 373 g/mol. The summed E-state index contributed by atoms with van der Waals surface area (Å²) in [5.74, 6) is -0.858. The molecule has 4 heteroatoms. The van der Waals surface area contributed by atoms with Crippen LogP contribution in [0.15, 0.2) is 0 Å². The van der Waals surface area contributed by atoms with E-state index in [-0.39, 0.29) is 6.61 Å². The average Bonchev–Trinajstić information content (AvgIpc) is 2.63. The Hall–Kier alpha value is -0.610.